The van der Waals surface area contributed by atoms with Crippen molar-refractivity contribution >= 4 is 27.2 Å². The Hall–Kier alpha value is -3.40. The Morgan fingerprint density at radius 2 is 1.89 bits per heavy atom. The first-order valence-electron chi connectivity index (χ1n) is 9.48. The van der Waals surface area contributed by atoms with Gasteiger partial charge in [-0.2, -0.15) is 0 Å². The van der Waals surface area contributed by atoms with Crippen molar-refractivity contribution in [2.45, 2.75) is 19.8 Å². The number of rotatable bonds is 4. The van der Waals surface area contributed by atoms with Crippen LogP contribution in [0.15, 0.2) is 65.8 Å². The third-order valence-corrected chi connectivity index (χ3v) is 5.52. The van der Waals surface area contributed by atoms with Crippen LogP contribution in [-0.4, -0.2) is 16.5 Å². The van der Waals surface area contributed by atoms with Crippen LogP contribution in [0.2, 0.25) is 0 Å². The van der Waals surface area contributed by atoms with E-state index < -0.39 is 0 Å². The van der Waals surface area contributed by atoms with Gasteiger partial charge in [-0.25, -0.2) is 0 Å². The van der Waals surface area contributed by atoms with Crippen LogP contribution in [0.3, 0.4) is 0 Å². The third-order valence-electron chi connectivity index (χ3n) is 5.52. The van der Waals surface area contributed by atoms with E-state index in [-0.39, 0.29) is 5.43 Å². The normalized spacial score (nSPS) is 11.6. The Balaban J connectivity index is 1.89. The van der Waals surface area contributed by atoms with Gasteiger partial charge >= 0.3 is 0 Å². The van der Waals surface area contributed by atoms with Gasteiger partial charge in [-0.15, -0.1) is 0 Å². The number of methoxy groups -OCH3 is 1. The molecule has 0 unspecified atom stereocenters. The van der Waals surface area contributed by atoms with E-state index in [0.717, 1.165) is 39.4 Å². The van der Waals surface area contributed by atoms with E-state index in [1.807, 2.05) is 36.7 Å². The Labute approximate surface area is 162 Å². The molecular formula is C24H20N2O2. The topological polar surface area (TPSA) is 43.6 Å². The van der Waals surface area contributed by atoms with Crippen molar-refractivity contribution in [2.24, 2.45) is 0 Å². The molecule has 0 spiro atoms. The summed E-state index contributed by atoms with van der Waals surface area (Å²) in [5.74, 6) is 0.708. The van der Waals surface area contributed by atoms with Crippen LogP contribution in [0.5, 0.6) is 5.75 Å². The molecule has 0 saturated carbocycles. The maximum Gasteiger partial charge on any atom is 0.193 e. The molecule has 2 aromatic carbocycles. The molecule has 3 heterocycles. The molecular weight excluding hydrogens is 348 g/mol. The summed E-state index contributed by atoms with van der Waals surface area (Å²) in [6.07, 6.45) is 7.07. The van der Waals surface area contributed by atoms with Crippen LogP contribution in [-0.2, 0) is 12.8 Å². The Bertz CT molecular complexity index is 1370. The zero-order chi connectivity index (χ0) is 19.3. The minimum Gasteiger partial charge on any atom is -0.497 e. The van der Waals surface area contributed by atoms with Gasteiger partial charge in [0.1, 0.15) is 5.75 Å². The van der Waals surface area contributed by atoms with Crippen LogP contribution in [0, 0.1) is 0 Å². The van der Waals surface area contributed by atoms with E-state index in [2.05, 4.69) is 34.5 Å². The molecule has 5 rings (SSSR count). The van der Waals surface area contributed by atoms with Gasteiger partial charge in [0.25, 0.3) is 0 Å². The smallest absolute Gasteiger partial charge is 0.193 e. The molecule has 0 atom stereocenters. The molecule has 0 aliphatic carbocycles. The highest BCUT2D eigenvalue weighted by molar-refractivity contribution is 6.14. The van der Waals surface area contributed by atoms with E-state index in [4.69, 9.17) is 4.74 Å². The van der Waals surface area contributed by atoms with Crippen molar-refractivity contribution < 1.29 is 4.74 Å². The minimum atomic E-state index is 0.0544. The van der Waals surface area contributed by atoms with Gasteiger partial charge in [0.05, 0.1) is 23.5 Å². The fourth-order valence-corrected chi connectivity index (χ4v) is 4.08. The molecule has 0 aliphatic rings. The van der Waals surface area contributed by atoms with Gasteiger partial charge in [-0.05, 0) is 47.9 Å². The number of pyridine rings is 2. The SMILES string of the molecule is CCc1ccc2c(c1)c1cc(OC)cc3c(=O)c(Cc4cccnc4)cn2c31. The van der Waals surface area contributed by atoms with Gasteiger partial charge in [0.15, 0.2) is 5.43 Å². The van der Waals surface area contributed by atoms with Crippen molar-refractivity contribution in [3.8, 4) is 5.75 Å². The summed E-state index contributed by atoms with van der Waals surface area (Å²) in [4.78, 5) is 17.5. The predicted molar refractivity (Wildman–Crippen MR) is 113 cm³/mol. The quantitative estimate of drug-likeness (QED) is 0.466. The van der Waals surface area contributed by atoms with Gasteiger partial charge in [-0.3, -0.25) is 9.78 Å². The Morgan fingerprint density at radius 1 is 1.04 bits per heavy atom. The highest BCUT2D eigenvalue weighted by atomic mass is 16.5. The van der Waals surface area contributed by atoms with Crippen molar-refractivity contribution in [1.82, 2.24) is 9.38 Å². The van der Waals surface area contributed by atoms with Crippen LogP contribution >= 0.6 is 0 Å². The fraction of sp³-hybridized carbons (Fsp3) is 0.167. The molecule has 3 aromatic heterocycles. The monoisotopic (exact) mass is 368 g/mol. The first-order chi connectivity index (χ1) is 13.7. The summed E-state index contributed by atoms with van der Waals surface area (Å²) in [6.45, 7) is 2.15. The second kappa shape index (κ2) is 6.34. The molecule has 28 heavy (non-hydrogen) atoms. The molecule has 0 bridgehead atoms. The molecule has 0 N–H and O–H groups in total. The number of ether oxygens (including phenoxy) is 1. The van der Waals surface area contributed by atoms with E-state index in [1.165, 1.54) is 5.56 Å². The van der Waals surface area contributed by atoms with Crippen LogP contribution in [0.4, 0.5) is 0 Å². The molecule has 5 aromatic rings. The summed E-state index contributed by atoms with van der Waals surface area (Å²) in [5, 5.41) is 2.91. The molecule has 4 heteroatoms. The summed E-state index contributed by atoms with van der Waals surface area (Å²) >= 11 is 0. The molecule has 0 amide bonds. The van der Waals surface area contributed by atoms with Gasteiger partial charge in [0.2, 0.25) is 0 Å². The summed E-state index contributed by atoms with van der Waals surface area (Å²) in [5.41, 5.74) is 5.18. The lowest BCUT2D eigenvalue weighted by atomic mass is 10.0. The van der Waals surface area contributed by atoms with Crippen molar-refractivity contribution in [3.05, 3.63) is 88.0 Å². The average molecular weight is 368 g/mol. The van der Waals surface area contributed by atoms with Gasteiger partial charge < -0.3 is 9.14 Å². The second-order valence-electron chi connectivity index (χ2n) is 7.17. The largest absolute Gasteiger partial charge is 0.497 e. The zero-order valence-electron chi connectivity index (χ0n) is 15.9. The van der Waals surface area contributed by atoms with Crippen LogP contribution in [0.25, 0.3) is 27.2 Å². The number of aryl methyl sites for hydroxylation is 1. The maximum atomic E-state index is 13.3. The number of fused-ring (bicyclic) bond motifs is 3. The predicted octanol–water partition coefficient (Wildman–Crippen LogP) is 4.60. The van der Waals surface area contributed by atoms with Crippen LogP contribution in [0.1, 0.15) is 23.6 Å². The standard InChI is InChI=1S/C24H20N2O2/c1-3-15-6-7-22-19(10-15)20-11-18(28-2)12-21-23(20)26(22)14-17(24(21)27)9-16-5-4-8-25-13-16/h4-8,10-14H,3,9H2,1-2H3. The number of aromatic nitrogens is 2. The third kappa shape index (κ3) is 2.45. The van der Waals surface area contributed by atoms with Crippen molar-refractivity contribution in [1.29, 1.82) is 0 Å². The lowest BCUT2D eigenvalue weighted by molar-refractivity contribution is 0.416. The van der Waals surface area contributed by atoms with Crippen molar-refractivity contribution in [3.63, 3.8) is 0 Å². The minimum absolute atomic E-state index is 0.0544. The molecule has 0 aliphatic heterocycles. The first-order valence-corrected chi connectivity index (χ1v) is 9.48. The highest BCUT2D eigenvalue weighted by Gasteiger charge is 2.17. The highest BCUT2D eigenvalue weighted by Crippen LogP contribution is 2.35. The summed E-state index contributed by atoms with van der Waals surface area (Å²) in [7, 11) is 1.64. The van der Waals surface area contributed by atoms with Crippen molar-refractivity contribution in [2.75, 3.05) is 7.11 Å². The molecule has 0 radical (unpaired) electrons. The Morgan fingerprint density at radius 3 is 2.64 bits per heavy atom. The fourth-order valence-electron chi connectivity index (χ4n) is 4.08. The van der Waals surface area contributed by atoms with Crippen LogP contribution < -0.4 is 10.2 Å². The van der Waals surface area contributed by atoms with E-state index >= 15 is 0 Å². The maximum absolute atomic E-state index is 13.3. The second-order valence-corrected chi connectivity index (χ2v) is 7.17. The number of nitrogens with zero attached hydrogens (tertiary/aromatic N) is 2. The van der Waals surface area contributed by atoms with E-state index in [0.29, 0.717) is 17.6 Å². The van der Waals surface area contributed by atoms with E-state index in [9.17, 15) is 4.79 Å². The summed E-state index contributed by atoms with van der Waals surface area (Å²) < 4.78 is 7.67. The summed E-state index contributed by atoms with van der Waals surface area (Å²) in [6, 6.07) is 14.3. The lowest BCUT2D eigenvalue weighted by Gasteiger charge is -2.08. The first kappa shape index (κ1) is 16.8. The number of benzene rings is 2. The zero-order valence-corrected chi connectivity index (χ0v) is 15.9. The molecule has 4 nitrogen and oxygen atoms in total. The van der Waals surface area contributed by atoms with Gasteiger partial charge in [-0.1, -0.05) is 19.1 Å². The average Bonchev–Trinajstić information content (AvgIpc) is 3.05. The number of hydrogen-bond acceptors (Lipinski definition) is 3. The Kier molecular flexibility index (Phi) is 3.79. The lowest BCUT2D eigenvalue weighted by Crippen LogP contribution is -2.12. The van der Waals surface area contributed by atoms with Gasteiger partial charge in [0, 0.05) is 41.3 Å². The molecule has 138 valence electrons. The van der Waals surface area contributed by atoms with E-state index in [1.54, 1.807) is 13.3 Å². The number of hydrogen-bond donors (Lipinski definition) is 0. The molecule has 0 saturated heterocycles. The molecule has 0 fully saturated rings.